The van der Waals surface area contributed by atoms with Gasteiger partial charge in [0.15, 0.2) is 0 Å². The van der Waals surface area contributed by atoms with E-state index in [1.165, 1.54) is 16.9 Å². The maximum Gasteiger partial charge on any atom is 0.262 e. The van der Waals surface area contributed by atoms with E-state index < -0.39 is 12.6 Å². The van der Waals surface area contributed by atoms with Crippen molar-refractivity contribution in [2.24, 2.45) is 0 Å². The fraction of sp³-hybridized carbons (Fsp3) is 0.294. The number of aliphatic hydroxyl groups is 1. The Labute approximate surface area is 138 Å². The number of carbonyl (C=O) groups is 2. The number of nitrogens with one attached hydrogen (secondary N) is 1. The molecule has 1 atom stereocenters. The van der Waals surface area contributed by atoms with E-state index in [9.17, 15) is 14.7 Å². The molecule has 0 saturated heterocycles. The molecule has 1 aromatic carbocycles. The van der Waals surface area contributed by atoms with Gasteiger partial charge in [-0.2, -0.15) is 0 Å². The van der Waals surface area contributed by atoms with Crippen LogP contribution in [-0.2, 0) is 17.8 Å². The number of aliphatic hydroxyl groups excluding tert-OH is 1. The smallest absolute Gasteiger partial charge is 0.262 e. The topological polar surface area (TPSA) is 69.6 Å². The average molecular weight is 330 g/mol. The fourth-order valence-corrected chi connectivity index (χ4v) is 3.35. The maximum absolute atomic E-state index is 12.6. The van der Waals surface area contributed by atoms with Crippen LogP contribution in [0.4, 0.5) is 0 Å². The number of thiophene rings is 1. The lowest BCUT2D eigenvalue weighted by Crippen LogP contribution is -2.51. The summed E-state index contributed by atoms with van der Waals surface area (Å²) in [5, 5.41) is 13.9. The van der Waals surface area contributed by atoms with Gasteiger partial charge in [0.25, 0.3) is 5.91 Å². The molecule has 2 aromatic rings. The van der Waals surface area contributed by atoms with Gasteiger partial charge in [0.1, 0.15) is 6.04 Å². The standard InChI is InChI=1S/C17H18N2O3S/c20-11-14(18-16(21)15-6-3-9-23-15)17(22)19-8-7-12-4-1-2-5-13(12)10-19/h1-6,9,14,20H,7-8,10-11H2,(H,18,21). The third kappa shape index (κ3) is 3.43. The second-order valence-corrected chi connectivity index (χ2v) is 6.41. The van der Waals surface area contributed by atoms with E-state index >= 15 is 0 Å². The van der Waals surface area contributed by atoms with E-state index in [0.29, 0.717) is 18.0 Å². The van der Waals surface area contributed by atoms with E-state index in [1.807, 2.05) is 18.2 Å². The molecule has 120 valence electrons. The fourth-order valence-electron chi connectivity index (χ4n) is 2.73. The molecule has 0 radical (unpaired) electrons. The van der Waals surface area contributed by atoms with Crippen LogP contribution >= 0.6 is 11.3 Å². The van der Waals surface area contributed by atoms with Crippen molar-refractivity contribution in [2.75, 3.05) is 13.2 Å². The Bertz CT molecular complexity index is 700. The molecule has 2 N–H and O–H groups in total. The van der Waals surface area contributed by atoms with Gasteiger partial charge in [0.2, 0.25) is 5.91 Å². The molecule has 0 saturated carbocycles. The van der Waals surface area contributed by atoms with Gasteiger partial charge in [-0.05, 0) is 29.0 Å². The van der Waals surface area contributed by atoms with E-state index in [2.05, 4.69) is 11.4 Å². The first-order chi connectivity index (χ1) is 11.2. The minimum Gasteiger partial charge on any atom is -0.394 e. The highest BCUT2D eigenvalue weighted by Gasteiger charge is 2.28. The molecule has 1 aliphatic rings. The van der Waals surface area contributed by atoms with Crippen LogP contribution in [0.15, 0.2) is 41.8 Å². The number of rotatable bonds is 4. The van der Waals surface area contributed by atoms with E-state index in [-0.39, 0.29) is 11.8 Å². The summed E-state index contributed by atoms with van der Waals surface area (Å²) < 4.78 is 0. The zero-order chi connectivity index (χ0) is 16.2. The number of benzene rings is 1. The SMILES string of the molecule is O=C(NC(CO)C(=O)N1CCc2ccccc2C1)c1cccs1. The molecule has 2 heterocycles. The van der Waals surface area contributed by atoms with Crippen molar-refractivity contribution < 1.29 is 14.7 Å². The molecule has 0 bridgehead atoms. The number of nitrogens with zero attached hydrogens (tertiary/aromatic N) is 1. The molecular weight excluding hydrogens is 312 g/mol. The Kier molecular flexibility index (Phi) is 4.73. The molecule has 1 aromatic heterocycles. The summed E-state index contributed by atoms with van der Waals surface area (Å²) in [5.74, 6) is -0.572. The van der Waals surface area contributed by atoms with Crippen molar-refractivity contribution in [1.82, 2.24) is 10.2 Å². The monoisotopic (exact) mass is 330 g/mol. The first-order valence-corrected chi connectivity index (χ1v) is 8.38. The Morgan fingerprint density at radius 3 is 2.70 bits per heavy atom. The molecule has 1 unspecified atom stereocenters. The highest BCUT2D eigenvalue weighted by atomic mass is 32.1. The summed E-state index contributed by atoms with van der Waals surface area (Å²) in [7, 11) is 0. The van der Waals surface area contributed by atoms with Crippen molar-refractivity contribution in [2.45, 2.75) is 19.0 Å². The number of carbonyl (C=O) groups excluding carboxylic acids is 2. The normalized spacial score (nSPS) is 14.9. The van der Waals surface area contributed by atoms with Crippen molar-refractivity contribution in [3.05, 3.63) is 57.8 Å². The zero-order valence-corrected chi connectivity index (χ0v) is 13.4. The third-order valence-corrected chi connectivity index (χ3v) is 4.84. The molecule has 6 heteroatoms. The molecule has 0 spiro atoms. The van der Waals surface area contributed by atoms with Crippen LogP contribution in [0.2, 0.25) is 0 Å². The highest BCUT2D eigenvalue weighted by molar-refractivity contribution is 7.12. The summed E-state index contributed by atoms with van der Waals surface area (Å²) in [4.78, 5) is 26.9. The van der Waals surface area contributed by atoms with Crippen LogP contribution < -0.4 is 5.32 Å². The Hall–Kier alpha value is -2.18. The summed E-state index contributed by atoms with van der Waals surface area (Å²) in [6.45, 7) is 0.704. The lowest BCUT2D eigenvalue weighted by molar-refractivity contribution is -0.135. The van der Waals surface area contributed by atoms with Crippen LogP contribution in [0.3, 0.4) is 0 Å². The molecule has 1 aliphatic heterocycles. The van der Waals surface area contributed by atoms with E-state index in [4.69, 9.17) is 0 Å². The molecule has 2 amide bonds. The Balaban J connectivity index is 1.67. The second-order valence-electron chi connectivity index (χ2n) is 5.46. The first kappa shape index (κ1) is 15.7. The van der Waals surface area contributed by atoms with Crippen molar-refractivity contribution >= 4 is 23.2 Å². The molecule has 0 fully saturated rings. The van der Waals surface area contributed by atoms with Gasteiger partial charge in [-0.15, -0.1) is 11.3 Å². The predicted octanol–water partition coefficient (Wildman–Crippen LogP) is 1.42. The van der Waals surface area contributed by atoms with Gasteiger partial charge in [0, 0.05) is 13.1 Å². The number of amides is 2. The Morgan fingerprint density at radius 2 is 2.00 bits per heavy atom. The maximum atomic E-state index is 12.6. The molecule has 0 aliphatic carbocycles. The average Bonchev–Trinajstić information content (AvgIpc) is 3.13. The number of fused-ring (bicyclic) bond motifs is 1. The minimum atomic E-state index is -0.908. The van der Waals surface area contributed by atoms with Gasteiger partial charge in [-0.25, -0.2) is 0 Å². The minimum absolute atomic E-state index is 0.244. The van der Waals surface area contributed by atoms with Crippen LogP contribution in [0.5, 0.6) is 0 Å². The van der Waals surface area contributed by atoms with Crippen LogP contribution in [0.25, 0.3) is 0 Å². The van der Waals surface area contributed by atoms with Gasteiger partial charge < -0.3 is 15.3 Å². The van der Waals surface area contributed by atoms with Gasteiger partial charge in [-0.3, -0.25) is 9.59 Å². The zero-order valence-electron chi connectivity index (χ0n) is 12.6. The van der Waals surface area contributed by atoms with Crippen molar-refractivity contribution in [3.8, 4) is 0 Å². The lowest BCUT2D eigenvalue weighted by atomic mass is 9.99. The molecule has 23 heavy (non-hydrogen) atoms. The summed E-state index contributed by atoms with van der Waals surface area (Å²) in [5.41, 5.74) is 2.37. The summed E-state index contributed by atoms with van der Waals surface area (Å²) >= 11 is 1.30. The Morgan fingerprint density at radius 1 is 1.22 bits per heavy atom. The van der Waals surface area contributed by atoms with Crippen LogP contribution in [0.1, 0.15) is 20.8 Å². The van der Waals surface area contributed by atoms with Crippen molar-refractivity contribution in [3.63, 3.8) is 0 Å². The molecule has 5 nitrogen and oxygen atoms in total. The van der Waals surface area contributed by atoms with E-state index in [0.717, 1.165) is 12.0 Å². The van der Waals surface area contributed by atoms with Gasteiger partial charge >= 0.3 is 0 Å². The van der Waals surface area contributed by atoms with Crippen LogP contribution in [0, 0.1) is 0 Å². The van der Waals surface area contributed by atoms with Crippen LogP contribution in [-0.4, -0.2) is 41.0 Å². The van der Waals surface area contributed by atoms with Gasteiger partial charge in [-0.1, -0.05) is 30.3 Å². The number of hydrogen-bond acceptors (Lipinski definition) is 4. The summed E-state index contributed by atoms with van der Waals surface area (Å²) in [6.07, 6.45) is 0.791. The second kappa shape index (κ2) is 6.93. The third-order valence-electron chi connectivity index (χ3n) is 3.97. The molecular formula is C17H18N2O3S. The van der Waals surface area contributed by atoms with Crippen molar-refractivity contribution in [1.29, 1.82) is 0 Å². The first-order valence-electron chi connectivity index (χ1n) is 7.50. The quantitative estimate of drug-likeness (QED) is 0.891. The highest BCUT2D eigenvalue weighted by Crippen LogP contribution is 2.19. The largest absolute Gasteiger partial charge is 0.394 e. The van der Waals surface area contributed by atoms with E-state index in [1.54, 1.807) is 22.4 Å². The number of hydrogen-bond donors (Lipinski definition) is 2. The molecule has 3 rings (SSSR count). The predicted molar refractivity (Wildman–Crippen MR) is 88.2 cm³/mol. The lowest BCUT2D eigenvalue weighted by Gasteiger charge is -2.31. The summed E-state index contributed by atoms with van der Waals surface area (Å²) in [6, 6.07) is 10.6. The van der Waals surface area contributed by atoms with Gasteiger partial charge in [0.05, 0.1) is 11.5 Å².